The van der Waals surface area contributed by atoms with Gasteiger partial charge in [-0.2, -0.15) is 0 Å². The number of hydrogen-bond donors (Lipinski definition) is 1. The lowest BCUT2D eigenvalue weighted by Crippen LogP contribution is -2.52. The number of carbonyl (C=O) groups excluding carboxylic acids is 3. The first kappa shape index (κ1) is 21.1. The van der Waals surface area contributed by atoms with Gasteiger partial charge in [0.1, 0.15) is 12.6 Å². The first-order valence-corrected chi connectivity index (χ1v) is 10.8. The van der Waals surface area contributed by atoms with Gasteiger partial charge in [0.05, 0.1) is 18.1 Å². The summed E-state index contributed by atoms with van der Waals surface area (Å²) in [5.41, 5.74) is 3.65. The zero-order valence-corrected chi connectivity index (χ0v) is 18.2. The van der Waals surface area contributed by atoms with Crippen molar-refractivity contribution >= 4 is 29.3 Å². The number of halogens is 1. The van der Waals surface area contributed by atoms with Gasteiger partial charge in [-0.1, -0.05) is 29.8 Å². The molecule has 2 aliphatic rings. The number of amides is 3. The molecule has 0 spiro atoms. The molecule has 1 N–H and O–H groups in total. The van der Waals surface area contributed by atoms with E-state index in [2.05, 4.69) is 15.3 Å². The Morgan fingerprint density at radius 3 is 2.82 bits per heavy atom. The zero-order valence-electron chi connectivity index (χ0n) is 17.5. The van der Waals surface area contributed by atoms with E-state index in [1.165, 1.54) is 11.1 Å². The molecule has 8 nitrogen and oxygen atoms in total. The molecule has 9 heteroatoms. The largest absolute Gasteiger partial charge is 0.472 e. The molecule has 0 aliphatic carbocycles. The van der Waals surface area contributed by atoms with Crippen molar-refractivity contribution in [2.75, 3.05) is 0 Å². The van der Waals surface area contributed by atoms with Gasteiger partial charge in [0.2, 0.25) is 17.7 Å². The van der Waals surface area contributed by atoms with Crippen LogP contribution >= 0.6 is 11.6 Å². The van der Waals surface area contributed by atoms with E-state index in [0.29, 0.717) is 41.7 Å². The highest BCUT2D eigenvalue weighted by atomic mass is 35.5. The van der Waals surface area contributed by atoms with E-state index in [1.807, 2.05) is 24.3 Å². The molecule has 1 fully saturated rings. The maximum Gasteiger partial charge on any atom is 0.255 e. The summed E-state index contributed by atoms with van der Waals surface area (Å²) < 4.78 is 5.77. The highest BCUT2D eigenvalue weighted by Gasteiger charge is 2.39. The number of imide groups is 1. The van der Waals surface area contributed by atoms with Crippen LogP contribution in [0.3, 0.4) is 0 Å². The van der Waals surface area contributed by atoms with E-state index >= 15 is 0 Å². The van der Waals surface area contributed by atoms with Crippen molar-refractivity contribution in [1.82, 2.24) is 20.2 Å². The van der Waals surface area contributed by atoms with Gasteiger partial charge in [0.25, 0.3) is 5.91 Å². The van der Waals surface area contributed by atoms with Crippen LogP contribution in [0.1, 0.15) is 34.3 Å². The summed E-state index contributed by atoms with van der Waals surface area (Å²) in [5.74, 6) is -0.577. The van der Waals surface area contributed by atoms with E-state index in [9.17, 15) is 14.4 Å². The number of hydrogen-bond acceptors (Lipinski definition) is 6. The Balaban J connectivity index is 1.33. The molecule has 5 rings (SSSR count). The average molecular weight is 463 g/mol. The number of aromatic nitrogens is 2. The molecular formula is C24H19ClN4O4. The summed E-state index contributed by atoms with van der Waals surface area (Å²) in [7, 11) is 0. The van der Waals surface area contributed by atoms with Crippen LogP contribution < -0.4 is 10.1 Å². The predicted molar refractivity (Wildman–Crippen MR) is 119 cm³/mol. The van der Waals surface area contributed by atoms with Gasteiger partial charge < -0.3 is 9.64 Å². The third-order valence-electron chi connectivity index (χ3n) is 5.71. The van der Waals surface area contributed by atoms with Gasteiger partial charge in [-0.05, 0) is 41.8 Å². The molecule has 0 radical (unpaired) electrons. The summed E-state index contributed by atoms with van der Waals surface area (Å²) in [6, 6.07) is 12.2. The first-order chi connectivity index (χ1) is 16.0. The Kier molecular flexibility index (Phi) is 5.51. The van der Waals surface area contributed by atoms with Crippen molar-refractivity contribution in [2.24, 2.45) is 0 Å². The maximum absolute atomic E-state index is 12.9. The number of benzene rings is 2. The van der Waals surface area contributed by atoms with Gasteiger partial charge in [-0.3, -0.25) is 24.7 Å². The summed E-state index contributed by atoms with van der Waals surface area (Å²) in [5, 5.41) is 2.95. The van der Waals surface area contributed by atoms with Crippen LogP contribution in [-0.2, 0) is 22.7 Å². The summed E-state index contributed by atoms with van der Waals surface area (Å²) in [6.07, 6.45) is 3.71. The minimum Gasteiger partial charge on any atom is -0.472 e. The highest BCUT2D eigenvalue weighted by Crippen LogP contribution is 2.31. The second-order valence-electron chi connectivity index (χ2n) is 7.93. The Bertz CT molecular complexity index is 1280. The molecule has 2 aliphatic heterocycles. The third kappa shape index (κ3) is 4.29. The summed E-state index contributed by atoms with van der Waals surface area (Å²) in [6.45, 7) is 0.602. The second-order valence-corrected chi connectivity index (χ2v) is 8.37. The molecule has 3 heterocycles. The lowest BCUT2D eigenvalue weighted by molar-refractivity contribution is -0.136. The summed E-state index contributed by atoms with van der Waals surface area (Å²) in [4.78, 5) is 46.8. The average Bonchev–Trinajstić information content (AvgIpc) is 3.13. The molecule has 1 atom stereocenters. The van der Waals surface area contributed by atoms with Crippen molar-refractivity contribution in [2.45, 2.75) is 32.0 Å². The number of nitrogens with one attached hydrogen (secondary N) is 1. The van der Waals surface area contributed by atoms with Gasteiger partial charge in [-0.15, -0.1) is 0 Å². The van der Waals surface area contributed by atoms with Crippen molar-refractivity contribution in [3.8, 4) is 17.1 Å². The Labute approximate surface area is 194 Å². The molecule has 2 aromatic carbocycles. The lowest BCUT2D eigenvalue weighted by atomic mass is 10.0. The Morgan fingerprint density at radius 1 is 1.12 bits per heavy atom. The minimum atomic E-state index is -0.644. The van der Waals surface area contributed by atoms with Gasteiger partial charge in [0, 0.05) is 29.1 Å². The van der Waals surface area contributed by atoms with E-state index in [0.717, 1.165) is 16.7 Å². The fraction of sp³-hybridized carbons (Fsp3) is 0.208. The molecule has 0 bridgehead atoms. The quantitative estimate of drug-likeness (QED) is 0.584. The smallest absolute Gasteiger partial charge is 0.255 e. The zero-order chi connectivity index (χ0) is 22.9. The minimum absolute atomic E-state index is 0.212. The molecule has 3 amide bonds. The molecule has 3 aromatic rings. The monoisotopic (exact) mass is 462 g/mol. The molecule has 1 saturated heterocycles. The van der Waals surface area contributed by atoms with Crippen LogP contribution in [0.5, 0.6) is 5.88 Å². The van der Waals surface area contributed by atoms with Crippen LogP contribution in [0.25, 0.3) is 11.3 Å². The highest BCUT2D eigenvalue weighted by molar-refractivity contribution is 6.30. The van der Waals surface area contributed by atoms with Crippen LogP contribution in [0.2, 0.25) is 5.02 Å². The maximum atomic E-state index is 12.9. The van der Waals surface area contributed by atoms with E-state index in [1.54, 1.807) is 24.4 Å². The molecule has 1 unspecified atom stereocenters. The molecule has 0 saturated carbocycles. The SMILES string of the molecule is O=C1CCC(N2Cc3cc(-c4cncc(OCc5cccc(Cl)c5)n4)ccc3C2=O)C(=O)N1. The van der Waals surface area contributed by atoms with Crippen LogP contribution in [-0.4, -0.2) is 38.6 Å². The Morgan fingerprint density at radius 2 is 2.00 bits per heavy atom. The van der Waals surface area contributed by atoms with Crippen LogP contribution in [0.15, 0.2) is 54.9 Å². The second kappa shape index (κ2) is 8.63. The standard InChI is InChI=1S/C24H19ClN4O4/c25-17-3-1-2-14(8-17)13-33-22-11-26-10-19(27-22)15-4-5-18-16(9-15)12-29(24(18)32)20-6-7-21(30)28-23(20)31/h1-5,8-11,20H,6-7,12-13H2,(H,28,30,31). The number of carbonyl (C=O) groups is 3. The normalized spacial score (nSPS) is 17.7. The van der Waals surface area contributed by atoms with Crippen LogP contribution in [0.4, 0.5) is 0 Å². The van der Waals surface area contributed by atoms with Crippen molar-refractivity contribution in [3.63, 3.8) is 0 Å². The van der Waals surface area contributed by atoms with Crippen molar-refractivity contribution in [1.29, 1.82) is 0 Å². The van der Waals surface area contributed by atoms with Crippen molar-refractivity contribution < 1.29 is 19.1 Å². The number of rotatable bonds is 5. The van der Waals surface area contributed by atoms with Gasteiger partial charge >= 0.3 is 0 Å². The van der Waals surface area contributed by atoms with Crippen molar-refractivity contribution in [3.05, 3.63) is 76.6 Å². The number of fused-ring (bicyclic) bond motifs is 1. The molecule has 1 aromatic heterocycles. The number of piperidine rings is 1. The van der Waals surface area contributed by atoms with E-state index < -0.39 is 11.9 Å². The fourth-order valence-corrected chi connectivity index (χ4v) is 4.29. The fourth-order valence-electron chi connectivity index (χ4n) is 4.07. The van der Waals surface area contributed by atoms with Crippen LogP contribution in [0, 0.1) is 0 Å². The topological polar surface area (TPSA) is 101 Å². The number of nitrogens with zero attached hydrogens (tertiary/aromatic N) is 3. The summed E-state index contributed by atoms with van der Waals surface area (Å²) >= 11 is 6.01. The van der Waals surface area contributed by atoms with E-state index in [4.69, 9.17) is 16.3 Å². The van der Waals surface area contributed by atoms with Gasteiger partial charge in [-0.25, -0.2) is 4.98 Å². The lowest BCUT2D eigenvalue weighted by Gasteiger charge is -2.29. The molecular weight excluding hydrogens is 444 g/mol. The first-order valence-electron chi connectivity index (χ1n) is 10.5. The molecule has 33 heavy (non-hydrogen) atoms. The van der Waals surface area contributed by atoms with E-state index in [-0.39, 0.29) is 18.2 Å². The Hall–Kier alpha value is -3.78. The third-order valence-corrected chi connectivity index (χ3v) is 5.94. The predicted octanol–water partition coefficient (Wildman–Crippen LogP) is 3.14. The molecule has 166 valence electrons. The van der Waals surface area contributed by atoms with Gasteiger partial charge in [0.15, 0.2) is 0 Å². The number of ether oxygens (including phenoxy) is 1.